The van der Waals surface area contributed by atoms with Gasteiger partial charge in [0.25, 0.3) is 5.91 Å². The summed E-state index contributed by atoms with van der Waals surface area (Å²) in [6, 6.07) is 1.47. The highest BCUT2D eigenvalue weighted by Gasteiger charge is 2.47. The van der Waals surface area contributed by atoms with Gasteiger partial charge in [0.05, 0.1) is 11.3 Å². The third kappa shape index (κ3) is 2.10. The van der Waals surface area contributed by atoms with Gasteiger partial charge in [0.1, 0.15) is 5.54 Å². The molecule has 1 saturated heterocycles. The van der Waals surface area contributed by atoms with Crippen molar-refractivity contribution in [3.8, 4) is 0 Å². The van der Waals surface area contributed by atoms with Gasteiger partial charge in [0, 0.05) is 0 Å². The normalized spacial score (nSPS) is 18.4. The quantitative estimate of drug-likeness (QED) is 0.638. The van der Waals surface area contributed by atoms with Gasteiger partial charge in [-0.1, -0.05) is 6.07 Å². The summed E-state index contributed by atoms with van der Waals surface area (Å²) in [6.45, 7) is 2.75. The number of alkyl halides is 3. The van der Waals surface area contributed by atoms with Crippen LogP contribution in [0.25, 0.3) is 0 Å². The lowest BCUT2D eigenvalue weighted by Gasteiger charge is -2.18. The number of amides is 3. The molecule has 0 spiro atoms. The van der Waals surface area contributed by atoms with Gasteiger partial charge in [-0.15, -0.1) is 0 Å². The summed E-state index contributed by atoms with van der Waals surface area (Å²) in [4.78, 5) is 24.0. The lowest BCUT2D eigenvalue weighted by molar-refractivity contribution is -0.140. The number of benzene rings is 1. The Morgan fingerprint density at radius 3 is 2.25 bits per heavy atom. The number of hydrogen-bond donors (Lipinski definition) is 1. The highest BCUT2D eigenvalue weighted by molar-refractivity contribution is 6.23. The summed E-state index contributed by atoms with van der Waals surface area (Å²) >= 11 is 0. The molecular weight excluding hydrogens is 280 g/mol. The first-order valence-electron chi connectivity index (χ1n) is 5.58. The van der Waals surface area contributed by atoms with E-state index in [-0.39, 0.29) is 0 Å². The van der Waals surface area contributed by atoms with Crippen molar-refractivity contribution < 1.29 is 27.2 Å². The van der Waals surface area contributed by atoms with Crippen LogP contribution in [0.2, 0.25) is 0 Å². The van der Waals surface area contributed by atoms with Crippen LogP contribution < -0.4 is 10.2 Å². The SMILES string of the molecule is CC1(C)NC(=O)N(c2cccc(C(F)(F)F)c2F)C1=O. The Kier molecular flexibility index (Phi) is 2.99. The van der Waals surface area contributed by atoms with Crippen molar-refractivity contribution >= 4 is 17.6 Å². The zero-order valence-corrected chi connectivity index (χ0v) is 10.5. The van der Waals surface area contributed by atoms with Gasteiger partial charge < -0.3 is 5.32 Å². The van der Waals surface area contributed by atoms with Gasteiger partial charge in [-0.3, -0.25) is 4.79 Å². The van der Waals surface area contributed by atoms with Crippen molar-refractivity contribution in [1.82, 2.24) is 5.32 Å². The van der Waals surface area contributed by atoms with Crippen molar-refractivity contribution in [1.29, 1.82) is 0 Å². The highest BCUT2D eigenvalue weighted by Crippen LogP contribution is 2.36. The fraction of sp³-hybridized carbons (Fsp3) is 0.333. The number of carbonyl (C=O) groups excluding carboxylic acids is 2. The topological polar surface area (TPSA) is 49.4 Å². The van der Waals surface area contributed by atoms with Gasteiger partial charge in [0.15, 0.2) is 5.82 Å². The van der Waals surface area contributed by atoms with Crippen LogP contribution in [0.4, 0.5) is 28.0 Å². The Morgan fingerprint density at radius 2 is 1.80 bits per heavy atom. The van der Waals surface area contributed by atoms with E-state index in [4.69, 9.17) is 0 Å². The molecule has 0 aliphatic carbocycles. The van der Waals surface area contributed by atoms with Crippen LogP contribution >= 0.6 is 0 Å². The Balaban J connectivity index is 2.55. The number of rotatable bonds is 1. The van der Waals surface area contributed by atoms with E-state index in [1.807, 2.05) is 0 Å². The molecule has 0 unspecified atom stereocenters. The first kappa shape index (κ1) is 14.3. The minimum absolute atomic E-state index is 0.380. The van der Waals surface area contributed by atoms with E-state index in [2.05, 4.69) is 5.32 Å². The number of hydrogen-bond acceptors (Lipinski definition) is 2. The molecule has 3 amide bonds. The lowest BCUT2D eigenvalue weighted by Crippen LogP contribution is -2.40. The third-order valence-electron chi connectivity index (χ3n) is 2.88. The van der Waals surface area contributed by atoms with Crippen LogP contribution in [0.15, 0.2) is 18.2 Å². The summed E-state index contributed by atoms with van der Waals surface area (Å²) < 4.78 is 51.8. The predicted molar refractivity (Wildman–Crippen MR) is 61.5 cm³/mol. The van der Waals surface area contributed by atoms with Gasteiger partial charge >= 0.3 is 12.2 Å². The summed E-state index contributed by atoms with van der Waals surface area (Å²) in [5, 5.41) is 2.27. The summed E-state index contributed by atoms with van der Waals surface area (Å²) in [7, 11) is 0. The van der Waals surface area contributed by atoms with Gasteiger partial charge in [0.2, 0.25) is 0 Å². The van der Waals surface area contributed by atoms with Crippen LogP contribution in [-0.4, -0.2) is 17.5 Å². The highest BCUT2D eigenvalue weighted by atomic mass is 19.4. The fourth-order valence-corrected chi connectivity index (χ4v) is 1.88. The summed E-state index contributed by atoms with van der Waals surface area (Å²) in [6.07, 6.45) is -4.91. The van der Waals surface area contributed by atoms with E-state index in [1.54, 1.807) is 0 Å². The van der Waals surface area contributed by atoms with Crippen LogP contribution in [0.5, 0.6) is 0 Å². The minimum Gasteiger partial charge on any atom is -0.323 e. The molecule has 0 aromatic heterocycles. The molecule has 4 nitrogen and oxygen atoms in total. The molecule has 108 valence electrons. The fourth-order valence-electron chi connectivity index (χ4n) is 1.88. The maximum atomic E-state index is 13.9. The average Bonchev–Trinajstić information content (AvgIpc) is 2.48. The first-order chi connectivity index (χ1) is 9.05. The first-order valence-corrected chi connectivity index (χ1v) is 5.58. The molecule has 1 aliphatic heterocycles. The monoisotopic (exact) mass is 290 g/mol. The van der Waals surface area contributed by atoms with Crippen LogP contribution in [-0.2, 0) is 11.0 Å². The van der Waals surface area contributed by atoms with Crippen molar-refractivity contribution in [2.45, 2.75) is 25.6 Å². The molecule has 1 aromatic carbocycles. The third-order valence-corrected chi connectivity index (χ3v) is 2.88. The molecule has 1 N–H and O–H groups in total. The molecule has 1 fully saturated rings. The standard InChI is InChI=1S/C12H10F4N2O2/c1-11(2)9(19)18(10(20)17-11)7-5-3-4-6(8(7)13)12(14,15)16/h3-5H,1-2H3,(H,17,20). The number of carbonyl (C=O) groups is 2. The maximum Gasteiger partial charge on any atom is 0.419 e. The largest absolute Gasteiger partial charge is 0.419 e. The molecule has 0 radical (unpaired) electrons. The molecule has 0 bridgehead atoms. The zero-order valence-electron chi connectivity index (χ0n) is 10.5. The Bertz CT molecular complexity index is 596. The molecule has 1 aromatic rings. The van der Waals surface area contributed by atoms with Crippen molar-refractivity contribution in [3.63, 3.8) is 0 Å². The predicted octanol–water partition coefficient (Wildman–Crippen LogP) is 2.68. The summed E-state index contributed by atoms with van der Waals surface area (Å²) in [5.41, 5.74) is -3.54. The molecule has 20 heavy (non-hydrogen) atoms. The number of anilines is 1. The van der Waals surface area contributed by atoms with Crippen molar-refractivity contribution in [3.05, 3.63) is 29.6 Å². The average molecular weight is 290 g/mol. The molecule has 8 heteroatoms. The molecule has 1 heterocycles. The second kappa shape index (κ2) is 4.19. The Hall–Kier alpha value is -2.12. The van der Waals surface area contributed by atoms with E-state index in [0.717, 1.165) is 12.1 Å². The van der Waals surface area contributed by atoms with E-state index < -0.39 is 40.7 Å². The van der Waals surface area contributed by atoms with E-state index in [0.29, 0.717) is 11.0 Å². The molecule has 1 aliphatic rings. The smallest absolute Gasteiger partial charge is 0.323 e. The minimum atomic E-state index is -4.91. The Morgan fingerprint density at radius 1 is 1.20 bits per heavy atom. The van der Waals surface area contributed by atoms with Gasteiger partial charge in [-0.05, 0) is 26.0 Å². The summed E-state index contributed by atoms with van der Waals surface area (Å²) in [5.74, 6) is -2.47. The molecule has 2 rings (SSSR count). The van der Waals surface area contributed by atoms with Crippen molar-refractivity contribution in [2.24, 2.45) is 0 Å². The second-order valence-corrected chi connectivity index (χ2v) is 4.83. The lowest BCUT2D eigenvalue weighted by atomic mass is 10.1. The van der Waals surface area contributed by atoms with Crippen LogP contribution in [0.3, 0.4) is 0 Å². The van der Waals surface area contributed by atoms with Crippen LogP contribution in [0, 0.1) is 5.82 Å². The zero-order chi connectivity index (χ0) is 15.3. The number of imide groups is 1. The molecular formula is C12H10F4N2O2. The molecule has 0 atom stereocenters. The maximum absolute atomic E-state index is 13.9. The van der Waals surface area contributed by atoms with Crippen LogP contribution in [0.1, 0.15) is 19.4 Å². The Labute approximate surface area is 111 Å². The number of nitrogens with one attached hydrogen (secondary N) is 1. The van der Waals surface area contributed by atoms with E-state index in [9.17, 15) is 27.2 Å². The van der Waals surface area contributed by atoms with Crippen molar-refractivity contribution in [2.75, 3.05) is 4.90 Å². The van der Waals surface area contributed by atoms with Gasteiger partial charge in [-0.25, -0.2) is 14.1 Å². The van der Waals surface area contributed by atoms with E-state index in [1.165, 1.54) is 13.8 Å². The van der Waals surface area contributed by atoms with Gasteiger partial charge in [-0.2, -0.15) is 13.2 Å². The number of nitrogens with zero attached hydrogens (tertiary/aromatic N) is 1. The second-order valence-electron chi connectivity index (χ2n) is 4.83. The number of halogens is 4. The van der Waals surface area contributed by atoms with E-state index >= 15 is 0 Å². The number of urea groups is 1. The molecule has 0 saturated carbocycles.